The molecule has 0 fully saturated rings. The van der Waals surface area contributed by atoms with Crippen molar-refractivity contribution >= 4 is 60.4 Å². The van der Waals surface area contributed by atoms with E-state index < -0.39 is 16.5 Å². The highest BCUT2D eigenvalue weighted by Crippen LogP contribution is 2.59. The van der Waals surface area contributed by atoms with Crippen LogP contribution in [0.4, 0.5) is 0 Å². The normalized spacial score (nSPS) is 16.2. The first kappa shape index (κ1) is 27.8. The molecule has 0 radical (unpaired) electrons. The Morgan fingerprint density at radius 2 is 0.750 bits per heavy atom. The molecule has 3 aliphatic rings. The highest BCUT2D eigenvalue weighted by Gasteiger charge is 2.41. The molecule has 0 amide bonds. The molecule has 0 N–H and O–H groups in total. The van der Waals surface area contributed by atoms with Gasteiger partial charge in [0.05, 0.1) is 0 Å². The van der Waals surface area contributed by atoms with Gasteiger partial charge in [-0.15, -0.1) is 0 Å². The molecule has 48 heavy (non-hydrogen) atoms. The maximum absolute atomic E-state index is 6.73. The summed E-state index contributed by atoms with van der Waals surface area (Å²) in [7, 11) is -3.56. The summed E-state index contributed by atoms with van der Waals surface area (Å²) in [5.41, 5.74) is 7.89. The van der Waals surface area contributed by atoms with Crippen LogP contribution in [-0.2, 0) is 0 Å². The van der Waals surface area contributed by atoms with Crippen LogP contribution < -0.4 is 9.05 Å². The topological polar surface area (TPSA) is 71.0 Å². The minimum absolute atomic E-state index is 0.0653. The predicted octanol–water partition coefficient (Wildman–Crippen LogP) is 12.9. The van der Waals surface area contributed by atoms with Crippen molar-refractivity contribution in [3.8, 4) is 11.5 Å². The van der Waals surface area contributed by atoms with E-state index in [-0.39, 0.29) is 11.8 Å². The fourth-order valence-electron chi connectivity index (χ4n) is 7.55. The second-order valence-corrected chi connectivity index (χ2v) is 14.2. The van der Waals surface area contributed by atoms with Crippen molar-refractivity contribution in [1.82, 2.24) is 0 Å². The SMILES string of the molecule is c1cc(Op2oc3ccccc3c3ccccc3o2)c2c(c1)C1CCC2c2c(Op3oc4ccccc4c4ccccc4o3)cccc21. The number of fused-ring (bicyclic) bond motifs is 7. The lowest BCUT2D eigenvalue weighted by molar-refractivity contribution is 0.452. The Hall–Kier alpha value is -5.28. The van der Waals surface area contributed by atoms with Gasteiger partial charge >= 0.3 is 16.5 Å². The zero-order valence-corrected chi connectivity index (χ0v) is 27.4. The lowest BCUT2D eigenvalue weighted by Crippen LogP contribution is -2.25. The summed E-state index contributed by atoms with van der Waals surface area (Å²) in [6.07, 6.45) is 2.03. The van der Waals surface area contributed by atoms with Crippen LogP contribution in [0.5, 0.6) is 11.5 Å². The van der Waals surface area contributed by atoms with E-state index in [9.17, 15) is 0 Å². The fourth-order valence-corrected chi connectivity index (χ4v) is 9.69. The van der Waals surface area contributed by atoms with Gasteiger partial charge in [-0.2, -0.15) is 0 Å². The molecule has 6 aromatic carbocycles. The van der Waals surface area contributed by atoms with Crippen LogP contribution in [0.3, 0.4) is 0 Å². The van der Waals surface area contributed by atoms with Gasteiger partial charge in [0.15, 0.2) is 0 Å². The van der Waals surface area contributed by atoms with E-state index >= 15 is 0 Å². The van der Waals surface area contributed by atoms with Crippen molar-refractivity contribution < 1.29 is 25.8 Å². The second-order valence-electron chi connectivity index (χ2n) is 12.2. The quantitative estimate of drug-likeness (QED) is 0.186. The summed E-state index contributed by atoms with van der Waals surface area (Å²) in [6.45, 7) is 0. The van der Waals surface area contributed by atoms with Crippen LogP contribution in [0.2, 0.25) is 0 Å². The van der Waals surface area contributed by atoms with Crippen LogP contribution >= 0.6 is 16.5 Å². The minimum atomic E-state index is -1.78. The van der Waals surface area contributed by atoms with Gasteiger partial charge in [-0.1, -0.05) is 97.1 Å². The van der Waals surface area contributed by atoms with Gasteiger partial charge in [0.2, 0.25) is 0 Å². The molecular formula is C40H28O6P2. The van der Waals surface area contributed by atoms with Crippen LogP contribution in [0, 0.1) is 0 Å². The zero-order chi connectivity index (χ0) is 31.6. The van der Waals surface area contributed by atoms with E-state index in [4.69, 9.17) is 25.8 Å². The number of benzene rings is 6. The maximum Gasteiger partial charge on any atom is 0.453 e. The number of rotatable bonds is 4. The largest absolute Gasteiger partial charge is 0.453 e. The van der Waals surface area contributed by atoms with E-state index in [2.05, 4.69) is 48.5 Å². The molecule has 8 aromatic rings. The van der Waals surface area contributed by atoms with E-state index in [1.54, 1.807) is 0 Å². The van der Waals surface area contributed by atoms with Crippen LogP contribution in [-0.4, -0.2) is 0 Å². The average Bonchev–Trinajstić information content (AvgIpc) is 3.39. The van der Waals surface area contributed by atoms with E-state index in [1.807, 2.05) is 84.9 Å². The van der Waals surface area contributed by atoms with Gasteiger partial charge in [-0.3, -0.25) is 0 Å². The van der Waals surface area contributed by atoms with Crippen LogP contribution in [0.15, 0.2) is 150 Å². The van der Waals surface area contributed by atoms with Crippen molar-refractivity contribution in [2.24, 2.45) is 0 Å². The minimum Gasteiger partial charge on any atom is -0.390 e. The van der Waals surface area contributed by atoms with E-state index in [0.29, 0.717) is 0 Å². The summed E-state index contributed by atoms with van der Waals surface area (Å²) >= 11 is 0. The van der Waals surface area contributed by atoms with Gasteiger partial charge in [0, 0.05) is 44.5 Å². The molecule has 0 saturated heterocycles. The lowest BCUT2D eigenvalue weighted by Gasteiger charge is -2.41. The smallest absolute Gasteiger partial charge is 0.390 e. The third kappa shape index (κ3) is 4.48. The average molecular weight is 667 g/mol. The summed E-state index contributed by atoms with van der Waals surface area (Å²) < 4.78 is 39.2. The Kier molecular flexibility index (Phi) is 6.46. The molecule has 6 nitrogen and oxygen atoms in total. The monoisotopic (exact) mass is 666 g/mol. The van der Waals surface area contributed by atoms with Crippen molar-refractivity contribution in [3.63, 3.8) is 0 Å². The molecule has 3 aliphatic carbocycles. The molecule has 11 rings (SSSR count). The number of hydrogen-bond donors (Lipinski definition) is 0. The summed E-state index contributed by atoms with van der Waals surface area (Å²) in [6, 6.07) is 44.7. The Morgan fingerprint density at radius 1 is 0.396 bits per heavy atom. The molecule has 0 spiro atoms. The van der Waals surface area contributed by atoms with E-state index in [0.717, 1.165) is 68.2 Å². The first-order chi connectivity index (χ1) is 23.8. The Bertz CT molecular complexity index is 2330. The van der Waals surface area contributed by atoms with Crippen molar-refractivity contribution in [3.05, 3.63) is 156 Å². The third-order valence-electron chi connectivity index (χ3n) is 9.56. The van der Waals surface area contributed by atoms with Gasteiger partial charge in [-0.05, 0) is 60.4 Å². The molecule has 2 aromatic heterocycles. The standard InChI is InChI=1S/C40H28O6P2/c1-5-17-33-26(11-1)27-12-2-6-18-34(27)42-47(41-33)45-37-21-9-15-30-25-23-24-32(39(30)37)40-31(25)16-10-22-38(40)46-48-43-35-19-7-3-13-28(35)29-14-4-8-20-36(29)44-48/h1-22,25,32H,23-24H2. The summed E-state index contributed by atoms with van der Waals surface area (Å²) in [4.78, 5) is 0. The van der Waals surface area contributed by atoms with E-state index in [1.165, 1.54) is 22.3 Å². The van der Waals surface area contributed by atoms with Crippen molar-refractivity contribution in [2.45, 2.75) is 24.7 Å². The molecule has 0 unspecified atom stereocenters. The predicted molar refractivity (Wildman–Crippen MR) is 190 cm³/mol. The van der Waals surface area contributed by atoms with Gasteiger partial charge in [-0.25, -0.2) is 0 Å². The number of para-hydroxylation sites is 4. The van der Waals surface area contributed by atoms with Crippen LogP contribution in [0.25, 0.3) is 43.9 Å². The lowest BCUT2D eigenvalue weighted by atomic mass is 9.63. The molecule has 0 atom stereocenters. The van der Waals surface area contributed by atoms with Gasteiger partial charge in [0.1, 0.15) is 33.8 Å². The van der Waals surface area contributed by atoms with Gasteiger partial charge in [0.25, 0.3) is 0 Å². The zero-order valence-electron chi connectivity index (χ0n) is 25.6. The highest BCUT2D eigenvalue weighted by atomic mass is 31.1. The Balaban J connectivity index is 1.10. The molecule has 8 heteroatoms. The first-order valence-electron chi connectivity index (χ1n) is 16.1. The van der Waals surface area contributed by atoms with Crippen molar-refractivity contribution in [1.29, 1.82) is 0 Å². The number of hydrogen-bond acceptors (Lipinski definition) is 6. The Morgan fingerprint density at radius 3 is 1.15 bits per heavy atom. The molecule has 2 bridgehead atoms. The fraction of sp³-hybridized carbons (Fsp3) is 0.100. The Labute approximate surface area is 277 Å². The molecule has 0 saturated carbocycles. The molecule has 2 heterocycles. The molecule has 234 valence electrons. The maximum atomic E-state index is 6.73. The second kappa shape index (κ2) is 11.2. The molecule has 0 aliphatic heterocycles. The summed E-state index contributed by atoms with van der Waals surface area (Å²) in [5, 5.41) is 3.95. The molecular weight excluding hydrogens is 638 g/mol. The first-order valence-corrected chi connectivity index (χ1v) is 18.3. The van der Waals surface area contributed by atoms with Crippen LogP contribution in [0.1, 0.15) is 46.9 Å². The summed E-state index contributed by atoms with van der Waals surface area (Å²) in [5.74, 6) is 1.85. The van der Waals surface area contributed by atoms with Gasteiger partial charge < -0.3 is 25.8 Å². The highest BCUT2D eigenvalue weighted by molar-refractivity contribution is 7.32. The third-order valence-corrected chi connectivity index (χ3v) is 11.6. The van der Waals surface area contributed by atoms with Crippen molar-refractivity contribution in [2.75, 3.05) is 0 Å².